The zero-order valence-electron chi connectivity index (χ0n) is 11.4. The summed E-state index contributed by atoms with van der Waals surface area (Å²) in [5.41, 5.74) is 0. The van der Waals surface area contributed by atoms with Crippen molar-refractivity contribution in [3.05, 3.63) is 0 Å². The van der Waals surface area contributed by atoms with Crippen molar-refractivity contribution in [2.24, 2.45) is 0 Å². The van der Waals surface area contributed by atoms with Gasteiger partial charge in [-0.3, -0.25) is 20.0 Å². The first-order chi connectivity index (χ1) is 9.11. The van der Waals surface area contributed by atoms with Gasteiger partial charge in [0, 0.05) is 25.9 Å². The standard InChI is InChI=1S/C13H24N2O4/c16-12-8-4-1-2-5-9-13(17)15(19)11-7-3-6-10-14(12)18/h18-19H,1-11H2. The number of carbonyl (C=O) groups is 2. The molecular formula is C13H24N2O4. The highest BCUT2D eigenvalue weighted by Crippen LogP contribution is 2.10. The molecule has 0 atom stereocenters. The summed E-state index contributed by atoms with van der Waals surface area (Å²) in [7, 11) is 0. The molecule has 0 aliphatic carbocycles. The monoisotopic (exact) mass is 272 g/mol. The van der Waals surface area contributed by atoms with Gasteiger partial charge in [0.25, 0.3) is 0 Å². The fourth-order valence-corrected chi connectivity index (χ4v) is 2.11. The predicted molar refractivity (Wildman–Crippen MR) is 68.6 cm³/mol. The van der Waals surface area contributed by atoms with Crippen molar-refractivity contribution in [1.82, 2.24) is 10.1 Å². The molecule has 1 fully saturated rings. The first-order valence-electron chi connectivity index (χ1n) is 7.10. The second-order valence-corrected chi connectivity index (χ2v) is 5.01. The number of nitrogens with zero attached hydrogens (tertiary/aromatic N) is 2. The summed E-state index contributed by atoms with van der Waals surface area (Å²) < 4.78 is 0. The fraction of sp³-hybridized carbons (Fsp3) is 0.846. The molecule has 0 aromatic heterocycles. The van der Waals surface area contributed by atoms with Gasteiger partial charge in [-0.1, -0.05) is 12.8 Å². The van der Waals surface area contributed by atoms with Crippen molar-refractivity contribution in [3.63, 3.8) is 0 Å². The molecule has 2 N–H and O–H groups in total. The number of carbonyl (C=O) groups excluding carboxylic acids is 2. The third-order valence-electron chi connectivity index (χ3n) is 3.35. The molecule has 1 aliphatic rings. The van der Waals surface area contributed by atoms with Crippen LogP contribution in [0.2, 0.25) is 0 Å². The van der Waals surface area contributed by atoms with E-state index in [9.17, 15) is 20.0 Å². The molecule has 1 saturated heterocycles. The van der Waals surface area contributed by atoms with Crippen LogP contribution in [0.1, 0.15) is 57.8 Å². The van der Waals surface area contributed by atoms with Gasteiger partial charge in [0.2, 0.25) is 11.8 Å². The van der Waals surface area contributed by atoms with Crippen molar-refractivity contribution in [3.8, 4) is 0 Å². The van der Waals surface area contributed by atoms with Gasteiger partial charge in [-0.2, -0.15) is 0 Å². The van der Waals surface area contributed by atoms with E-state index >= 15 is 0 Å². The van der Waals surface area contributed by atoms with Gasteiger partial charge >= 0.3 is 0 Å². The molecule has 110 valence electrons. The van der Waals surface area contributed by atoms with Crippen molar-refractivity contribution < 1.29 is 20.0 Å². The van der Waals surface area contributed by atoms with Crippen LogP contribution in [0.3, 0.4) is 0 Å². The molecule has 0 bridgehead atoms. The Morgan fingerprint density at radius 2 is 1.00 bits per heavy atom. The zero-order valence-corrected chi connectivity index (χ0v) is 11.4. The minimum Gasteiger partial charge on any atom is -0.286 e. The summed E-state index contributed by atoms with van der Waals surface area (Å²) in [5, 5.41) is 20.6. The summed E-state index contributed by atoms with van der Waals surface area (Å²) in [5.74, 6) is -0.454. The number of hydrogen-bond donors (Lipinski definition) is 2. The van der Waals surface area contributed by atoms with E-state index in [2.05, 4.69) is 0 Å². The predicted octanol–water partition coefficient (Wildman–Crippen LogP) is 1.95. The zero-order chi connectivity index (χ0) is 14.1. The molecule has 0 spiro atoms. The topological polar surface area (TPSA) is 81.1 Å². The van der Waals surface area contributed by atoms with Gasteiger partial charge in [0.1, 0.15) is 0 Å². The van der Waals surface area contributed by atoms with Crippen molar-refractivity contribution in [2.75, 3.05) is 13.1 Å². The average Bonchev–Trinajstić information content (AvgIpc) is 2.40. The number of hydrogen-bond acceptors (Lipinski definition) is 4. The van der Waals surface area contributed by atoms with Crippen molar-refractivity contribution >= 4 is 11.8 Å². The maximum atomic E-state index is 11.5. The van der Waals surface area contributed by atoms with Crippen LogP contribution in [0.15, 0.2) is 0 Å². The van der Waals surface area contributed by atoms with E-state index in [1.807, 2.05) is 0 Å². The molecule has 0 radical (unpaired) electrons. The normalized spacial score (nSPS) is 22.0. The third-order valence-corrected chi connectivity index (χ3v) is 3.35. The lowest BCUT2D eigenvalue weighted by Crippen LogP contribution is -2.29. The van der Waals surface area contributed by atoms with Gasteiger partial charge in [-0.15, -0.1) is 0 Å². The highest BCUT2D eigenvalue weighted by molar-refractivity contribution is 5.75. The van der Waals surface area contributed by atoms with Crippen LogP contribution in [0.25, 0.3) is 0 Å². The first kappa shape index (κ1) is 15.9. The Labute approximate surface area is 113 Å². The smallest absolute Gasteiger partial charge is 0.245 e. The van der Waals surface area contributed by atoms with Gasteiger partial charge < -0.3 is 0 Å². The van der Waals surface area contributed by atoms with Crippen LogP contribution in [0, 0.1) is 0 Å². The summed E-state index contributed by atoms with van der Waals surface area (Å²) >= 11 is 0. The maximum Gasteiger partial charge on any atom is 0.245 e. The molecule has 0 unspecified atom stereocenters. The Bertz CT molecular complexity index is 268. The quantitative estimate of drug-likeness (QED) is 0.660. The molecule has 0 saturated carbocycles. The van der Waals surface area contributed by atoms with E-state index < -0.39 is 0 Å². The van der Waals surface area contributed by atoms with Crippen LogP contribution in [0.4, 0.5) is 0 Å². The second-order valence-electron chi connectivity index (χ2n) is 5.01. The third kappa shape index (κ3) is 6.54. The fourth-order valence-electron chi connectivity index (χ4n) is 2.11. The van der Waals surface area contributed by atoms with Gasteiger partial charge in [0.05, 0.1) is 0 Å². The lowest BCUT2D eigenvalue weighted by molar-refractivity contribution is -0.166. The Hall–Kier alpha value is -1.14. The molecule has 1 aliphatic heterocycles. The highest BCUT2D eigenvalue weighted by atomic mass is 16.5. The van der Waals surface area contributed by atoms with Crippen LogP contribution in [0.5, 0.6) is 0 Å². The van der Waals surface area contributed by atoms with Crippen LogP contribution >= 0.6 is 0 Å². The molecular weight excluding hydrogens is 248 g/mol. The molecule has 19 heavy (non-hydrogen) atoms. The summed E-state index contributed by atoms with van der Waals surface area (Å²) in [6.07, 6.45) is 5.99. The van der Waals surface area contributed by atoms with E-state index in [-0.39, 0.29) is 11.8 Å². The van der Waals surface area contributed by atoms with Crippen molar-refractivity contribution in [2.45, 2.75) is 57.8 Å². The number of hydroxylamine groups is 4. The number of amides is 2. The summed E-state index contributed by atoms with van der Waals surface area (Å²) in [4.78, 5) is 23.1. The maximum absolute atomic E-state index is 11.5. The van der Waals surface area contributed by atoms with Crippen LogP contribution in [-0.2, 0) is 9.59 Å². The lowest BCUT2D eigenvalue weighted by Gasteiger charge is -2.15. The van der Waals surface area contributed by atoms with Gasteiger partial charge in [-0.05, 0) is 32.1 Å². The molecule has 1 rings (SSSR count). The van der Waals surface area contributed by atoms with Crippen LogP contribution < -0.4 is 0 Å². The minimum absolute atomic E-state index is 0.227. The molecule has 1 heterocycles. The highest BCUT2D eigenvalue weighted by Gasteiger charge is 2.13. The first-order valence-corrected chi connectivity index (χ1v) is 7.10. The Balaban J connectivity index is 2.41. The lowest BCUT2D eigenvalue weighted by atomic mass is 10.1. The van der Waals surface area contributed by atoms with Gasteiger partial charge in [0.15, 0.2) is 0 Å². The Morgan fingerprint density at radius 1 is 0.632 bits per heavy atom. The van der Waals surface area contributed by atoms with E-state index in [0.29, 0.717) is 38.8 Å². The van der Waals surface area contributed by atoms with E-state index in [1.165, 1.54) is 0 Å². The molecule has 0 aromatic rings. The second kappa shape index (κ2) is 8.87. The Morgan fingerprint density at radius 3 is 1.42 bits per heavy atom. The summed E-state index contributed by atoms with van der Waals surface area (Å²) in [6, 6.07) is 0. The molecule has 6 nitrogen and oxygen atoms in total. The SMILES string of the molecule is O=C1CCCCCCC(=O)N(O)CCCCCN1O. The molecule has 0 aromatic carbocycles. The van der Waals surface area contributed by atoms with E-state index in [1.54, 1.807) is 0 Å². The molecule has 6 heteroatoms. The number of rotatable bonds is 0. The van der Waals surface area contributed by atoms with Crippen molar-refractivity contribution in [1.29, 1.82) is 0 Å². The largest absolute Gasteiger partial charge is 0.286 e. The molecule has 2 amide bonds. The van der Waals surface area contributed by atoms with E-state index in [0.717, 1.165) is 42.2 Å². The summed E-state index contributed by atoms with van der Waals surface area (Å²) in [6.45, 7) is 0.635. The van der Waals surface area contributed by atoms with E-state index in [4.69, 9.17) is 0 Å². The Kier molecular flexibility index (Phi) is 7.43. The minimum atomic E-state index is -0.227. The van der Waals surface area contributed by atoms with Crippen LogP contribution in [-0.4, -0.2) is 45.4 Å². The van der Waals surface area contributed by atoms with Gasteiger partial charge in [-0.25, -0.2) is 10.1 Å². The average molecular weight is 272 g/mol.